The fraction of sp³-hybridized carbons (Fsp3) is 0.160. The van der Waals surface area contributed by atoms with Gasteiger partial charge in [0.15, 0.2) is 6.61 Å². The number of anilines is 1. The number of nitrogens with zero attached hydrogens (tertiary/aromatic N) is 2. The Labute approximate surface area is 204 Å². The predicted octanol–water partition coefficient (Wildman–Crippen LogP) is 2.51. The van der Waals surface area contributed by atoms with Crippen molar-refractivity contribution in [3.63, 3.8) is 0 Å². The summed E-state index contributed by atoms with van der Waals surface area (Å²) in [6.07, 6.45) is 1.41. The zero-order valence-corrected chi connectivity index (χ0v) is 20.2. The molecule has 0 saturated heterocycles. The summed E-state index contributed by atoms with van der Waals surface area (Å²) in [6, 6.07) is 19.8. The van der Waals surface area contributed by atoms with Crippen molar-refractivity contribution in [1.82, 2.24) is 5.43 Å². The van der Waals surface area contributed by atoms with Crippen LogP contribution in [0.3, 0.4) is 0 Å². The Morgan fingerprint density at radius 3 is 2.34 bits per heavy atom. The Morgan fingerprint density at radius 1 is 1.00 bits per heavy atom. The van der Waals surface area contributed by atoms with E-state index >= 15 is 0 Å². The molecule has 0 aliphatic heterocycles. The minimum atomic E-state index is -4.01. The molecule has 0 aliphatic rings. The second kappa shape index (κ2) is 11.3. The second-order valence-electron chi connectivity index (χ2n) is 7.66. The molecule has 0 heterocycles. The molecule has 0 aliphatic carbocycles. The van der Waals surface area contributed by atoms with Crippen molar-refractivity contribution in [2.24, 2.45) is 10.8 Å². The molecule has 3 aromatic rings. The van der Waals surface area contributed by atoms with Gasteiger partial charge in [-0.1, -0.05) is 30.3 Å². The van der Waals surface area contributed by atoms with Crippen LogP contribution >= 0.6 is 0 Å². The molecule has 3 rings (SSSR count). The first kappa shape index (κ1) is 25.4. The number of carbonyl (C=O) groups is 2. The highest BCUT2D eigenvalue weighted by molar-refractivity contribution is 7.92. The van der Waals surface area contributed by atoms with Crippen LogP contribution in [0.5, 0.6) is 5.75 Å². The summed E-state index contributed by atoms with van der Waals surface area (Å²) in [5, 5.41) is 3.93. The van der Waals surface area contributed by atoms with Crippen LogP contribution in [-0.2, 0) is 19.6 Å². The summed E-state index contributed by atoms with van der Waals surface area (Å²) in [4.78, 5) is 23.6. The number of primary amides is 1. The number of ether oxygens (including phenoxy) is 1. The van der Waals surface area contributed by atoms with E-state index in [2.05, 4.69) is 10.5 Å². The van der Waals surface area contributed by atoms with Crippen molar-refractivity contribution in [2.75, 3.05) is 17.5 Å². The van der Waals surface area contributed by atoms with Gasteiger partial charge in [-0.2, -0.15) is 5.10 Å². The maximum Gasteiger partial charge on any atom is 0.264 e. The Hall–Kier alpha value is -4.18. The topological polar surface area (TPSA) is 131 Å². The highest BCUT2D eigenvalue weighted by Gasteiger charge is 2.28. The van der Waals surface area contributed by atoms with Crippen LogP contribution in [0.2, 0.25) is 0 Å². The van der Waals surface area contributed by atoms with Crippen LogP contribution in [-0.4, -0.2) is 39.6 Å². The largest absolute Gasteiger partial charge is 0.484 e. The average Bonchev–Trinajstić information content (AvgIpc) is 2.84. The molecular weight excluding hydrogens is 468 g/mol. The number of hydrogen-bond donors (Lipinski definition) is 2. The van der Waals surface area contributed by atoms with E-state index in [1.807, 2.05) is 19.9 Å². The van der Waals surface area contributed by atoms with Crippen molar-refractivity contribution < 1.29 is 22.7 Å². The van der Waals surface area contributed by atoms with E-state index in [1.54, 1.807) is 54.6 Å². The Bertz CT molecular complexity index is 1320. The molecular formula is C25H26N4O5S. The third-order valence-corrected chi connectivity index (χ3v) is 6.90. The number of aryl methyl sites for hydroxylation is 1. The van der Waals surface area contributed by atoms with Crippen LogP contribution in [0, 0.1) is 13.8 Å². The van der Waals surface area contributed by atoms with E-state index in [1.165, 1.54) is 18.3 Å². The quantitative estimate of drug-likeness (QED) is 0.330. The Kier molecular flexibility index (Phi) is 8.21. The van der Waals surface area contributed by atoms with E-state index in [-0.39, 0.29) is 11.5 Å². The van der Waals surface area contributed by atoms with Crippen molar-refractivity contribution in [2.45, 2.75) is 18.7 Å². The number of hydrazone groups is 1. The van der Waals surface area contributed by atoms with Crippen LogP contribution in [0.1, 0.15) is 16.7 Å². The Morgan fingerprint density at radius 2 is 1.69 bits per heavy atom. The van der Waals surface area contributed by atoms with Crippen LogP contribution in [0.25, 0.3) is 0 Å². The summed E-state index contributed by atoms with van der Waals surface area (Å²) in [5.41, 5.74) is 10.1. The number of sulfonamides is 1. The van der Waals surface area contributed by atoms with Gasteiger partial charge >= 0.3 is 0 Å². The van der Waals surface area contributed by atoms with E-state index in [0.717, 1.165) is 15.4 Å². The number of nitrogens with two attached hydrogens (primary N) is 1. The predicted molar refractivity (Wildman–Crippen MR) is 134 cm³/mol. The molecule has 0 aromatic heterocycles. The minimum absolute atomic E-state index is 0.0795. The molecule has 9 nitrogen and oxygen atoms in total. The third kappa shape index (κ3) is 6.67. The van der Waals surface area contributed by atoms with Gasteiger partial charge in [0.25, 0.3) is 21.8 Å². The number of carbonyl (C=O) groups excluding carboxylic acids is 2. The summed E-state index contributed by atoms with van der Waals surface area (Å²) in [5.74, 6) is -0.731. The lowest BCUT2D eigenvalue weighted by molar-refractivity contribution is -0.120. The monoisotopic (exact) mass is 494 g/mol. The van der Waals surface area contributed by atoms with Gasteiger partial charge in [-0.05, 0) is 73.0 Å². The molecule has 182 valence electrons. The number of amides is 2. The minimum Gasteiger partial charge on any atom is -0.484 e. The molecule has 2 amide bonds. The first-order chi connectivity index (χ1) is 16.7. The number of nitrogens with one attached hydrogen (secondary N) is 1. The van der Waals surface area contributed by atoms with Gasteiger partial charge in [-0.3, -0.25) is 13.9 Å². The highest BCUT2D eigenvalue weighted by Crippen LogP contribution is 2.28. The van der Waals surface area contributed by atoms with Crippen LogP contribution < -0.4 is 20.2 Å². The summed E-state index contributed by atoms with van der Waals surface area (Å²) < 4.78 is 33.1. The van der Waals surface area contributed by atoms with E-state index in [9.17, 15) is 18.0 Å². The van der Waals surface area contributed by atoms with Gasteiger partial charge in [-0.25, -0.2) is 13.8 Å². The highest BCUT2D eigenvalue weighted by atomic mass is 32.2. The molecule has 0 radical (unpaired) electrons. The number of benzene rings is 3. The second-order valence-corrected chi connectivity index (χ2v) is 9.52. The van der Waals surface area contributed by atoms with Gasteiger partial charge in [-0.15, -0.1) is 0 Å². The maximum atomic E-state index is 13.4. The first-order valence-electron chi connectivity index (χ1n) is 10.7. The van der Waals surface area contributed by atoms with E-state index < -0.39 is 28.4 Å². The molecule has 0 atom stereocenters. The first-order valence-corrected chi connectivity index (χ1v) is 12.1. The van der Waals surface area contributed by atoms with Crippen molar-refractivity contribution >= 4 is 33.7 Å². The summed E-state index contributed by atoms with van der Waals surface area (Å²) in [7, 11) is -4.01. The molecule has 0 fully saturated rings. The third-order valence-electron chi connectivity index (χ3n) is 5.13. The van der Waals surface area contributed by atoms with Crippen molar-refractivity contribution in [3.8, 4) is 5.75 Å². The molecule has 0 spiro atoms. The van der Waals surface area contributed by atoms with Gasteiger partial charge in [0.1, 0.15) is 12.3 Å². The zero-order valence-electron chi connectivity index (χ0n) is 19.3. The summed E-state index contributed by atoms with van der Waals surface area (Å²) >= 11 is 0. The smallest absolute Gasteiger partial charge is 0.264 e. The molecule has 3 aromatic carbocycles. The number of hydrogen-bond acceptors (Lipinski definition) is 6. The SMILES string of the molecule is Cc1cccc(N(CC(=O)N/N=C\c2ccc(OCC(N)=O)cc2)S(=O)(=O)c2ccccc2)c1C. The van der Waals surface area contributed by atoms with Crippen LogP contribution in [0.15, 0.2) is 82.8 Å². The number of rotatable bonds is 10. The lowest BCUT2D eigenvalue weighted by atomic mass is 10.1. The fourth-order valence-corrected chi connectivity index (χ4v) is 4.67. The van der Waals surface area contributed by atoms with E-state index in [4.69, 9.17) is 10.5 Å². The van der Waals surface area contributed by atoms with Crippen LogP contribution in [0.4, 0.5) is 5.69 Å². The zero-order chi connectivity index (χ0) is 25.4. The molecule has 0 unspecified atom stereocenters. The molecule has 0 bridgehead atoms. The normalized spacial score (nSPS) is 11.3. The van der Waals surface area contributed by atoms with Gasteiger partial charge in [0, 0.05) is 0 Å². The van der Waals surface area contributed by atoms with Crippen molar-refractivity contribution in [1.29, 1.82) is 0 Å². The standard InChI is InChI=1S/C25H26N4O5S/c1-18-7-6-10-23(19(18)2)29(35(32,33)22-8-4-3-5-9-22)16-25(31)28-27-15-20-11-13-21(14-12-20)34-17-24(26)30/h3-15H,16-17H2,1-2H3,(H2,26,30)(H,28,31)/b27-15-. The van der Waals surface area contributed by atoms with Crippen molar-refractivity contribution in [3.05, 3.63) is 89.5 Å². The Balaban J connectivity index is 1.76. The van der Waals surface area contributed by atoms with E-state index in [0.29, 0.717) is 17.0 Å². The van der Waals surface area contributed by atoms with Gasteiger partial charge in [0.05, 0.1) is 16.8 Å². The average molecular weight is 495 g/mol. The lowest BCUT2D eigenvalue weighted by Crippen LogP contribution is -2.40. The molecule has 35 heavy (non-hydrogen) atoms. The lowest BCUT2D eigenvalue weighted by Gasteiger charge is -2.26. The van der Waals surface area contributed by atoms with Gasteiger partial charge < -0.3 is 10.5 Å². The maximum absolute atomic E-state index is 13.4. The van der Waals surface area contributed by atoms with Gasteiger partial charge in [0.2, 0.25) is 0 Å². The molecule has 3 N–H and O–H groups in total. The summed E-state index contributed by atoms with van der Waals surface area (Å²) in [6.45, 7) is 3.00. The molecule has 10 heteroatoms. The fourth-order valence-electron chi connectivity index (χ4n) is 3.17. The molecule has 0 saturated carbocycles.